The summed E-state index contributed by atoms with van der Waals surface area (Å²) in [7, 11) is 7.77. The summed E-state index contributed by atoms with van der Waals surface area (Å²) < 4.78 is 0. The number of amides is 2. The summed E-state index contributed by atoms with van der Waals surface area (Å²) in [6, 6.07) is 30.3. The number of carbonyl (C=O) groups excluding carboxylic acids is 2. The van der Waals surface area contributed by atoms with Gasteiger partial charge in [-0.2, -0.15) is 10.2 Å². The van der Waals surface area contributed by atoms with Gasteiger partial charge in [0.2, 0.25) is 0 Å². The zero-order chi connectivity index (χ0) is 31.9. The van der Waals surface area contributed by atoms with Gasteiger partial charge in [-0.25, -0.2) is 10.9 Å². The topological polar surface area (TPSA) is 101 Å². The second-order valence-corrected chi connectivity index (χ2v) is 10.0. The van der Waals surface area contributed by atoms with E-state index in [9.17, 15) is 9.59 Å². The molecule has 9 heteroatoms. The molecule has 0 radical (unpaired) electrons. The van der Waals surface area contributed by atoms with E-state index in [1.165, 1.54) is 0 Å². The number of hydrogen-bond acceptors (Lipinski definition) is 7. The molecule has 44 heavy (non-hydrogen) atoms. The molecular weight excluding hydrogens is 550 g/mol. The minimum Gasteiger partial charge on any atom is -0.381 e. The van der Waals surface area contributed by atoms with Crippen LogP contribution in [0.15, 0.2) is 107 Å². The molecule has 2 amide bonds. The molecule has 0 fully saturated rings. The molecule has 4 aromatic carbocycles. The number of hydrogen-bond donors (Lipinski definition) is 3. The van der Waals surface area contributed by atoms with Gasteiger partial charge in [-0.05, 0) is 83.4 Å². The first-order chi connectivity index (χ1) is 21.3. The van der Waals surface area contributed by atoms with Gasteiger partial charge < -0.3 is 15.1 Å². The first-order valence-corrected chi connectivity index (χ1v) is 14.4. The molecule has 0 unspecified atom stereocenters. The van der Waals surface area contributed by atoms with E-state index in [1.807, 2.05) is 125 Å². The highest BCUT2D eigenvalue weighted by Crippen LogP contribution is 2.16. The molecule has 0 atom stereocenters. The molecule has 0 bridgehead atoms. The third-order valence-electron chi connectivity index (χ3n) is 6.37. The highest BCUT2D eigenvalue weighted by atomic mass is 16.2. The molecule has 0 aliphatic heterocycles. The van der Waals surface area contributed by atoms with Gasteiger partial charge in [0.1, 0.15) is 0 Å². The number of benzene rings is 4. The normalized spacial score (nSPS) is 10.6. The van der Waals surface area contributed by atoms with Crippen LogP contribution >= 0.6 is 0 Å². The SMILES string of the molecule is CC.CN(C)c1ccc(C(=O)N/N=C/c2cc(/C=N/NC(=O)c3ccc(N(C)C)cc3)cc(NCc3ccccc3)c2)cc1. The molecule has 0 aromatic heterocycles. The fourth-order valence-corrected chi connectivity index (χ4v) is 4.01. The molecule has 4 aromatic rings. The third-order valence-corrected chi connectivity index (χ3v) is 6.37. The van der Waals surface area contributed by atoms with Crippen molar-refractivity contribution >= 4 is 41.3 Å². The predicted molar refractivity (Wildman–Crippen MR) is 183 cm³/mol. The Kier molecular flexibility index (Phi) is 12.7. The van der Waals surface area contributed by atoms with Crippen molar-refractivity contribution in [2.45, 2.75) is 20.4 Å². The summed E-state index contributed by atoms with van der Waals surface area (Å²) in [4.78, 5) is 29.1. The van der Waals surface area contributed by atoms with Crippen LogP contribution in [0.4, 0.5) is 17.1 Å². The Balaban J connectivity index is 0.00000259. The van der Waals surface area contributed by atoms with E-state index < -0.39 is 0 Å². The highest BCUT2D eigenvalue weighted by Gasteiger charge is 2.07. The molecule has 0 aliphatic carbocycles. The summed E-state index contributed by atoms with van der Waals surface area (Å²) in [5.41, 5.74) is 11.6. The van der Waals surface area contributed by atoms with Crippen molar-refractivity contribution in [2.24, 2.45) is 10.2 Å². The van der Waals surface area contributed by atoms with Crippen molar-refractivity contribution in [1.82, 2.24) is 10.9 Å². The van der Waals surface area contributed by atoms with Crippen LogP contribution in [-0.2, 0) is 6.54 Å². The number of rotatable bonds is 11. The zero-order valence-electron chi connectivity index (χ0n) is 26.2. The van der Waals surface area contributed by atoms with Crippen molar-refractivity contribution in [2.75, 3.05) is 43.3 Å². The van der Waals surface area contributed by atoms with E-state index in [0.717, 1.165) is 33.8 Å². The summed E-state index contributed by atoms with van der Waals surface area (Å²) in [6.07, 6.45) is 3.14. The molecule has 9 nitrogen and oxygen atoms in total. The lowest BCUT2D eigenvalue weighted by Crippen LogP contribution is -2.18. The van der Waals surface area contributed by atoms with Gasteiger partial charge in [0.15, 0.2) is 0 Å². The lowest BCUT2D eigenvalue weighted by atomic mass is 10.1. The van der Waals surface area contributed by atoms with Gasteiger partial charge in [-0.1, -0.05) is 44.2 Å². The Labute approximate surface area is 260 Å². The zero-order valence-corrected chi connectivity index (χ0v) is 26.2. The second-order valence-electron chi connectivity index (χ2n) is 10.0. The number of nitrogens with one attached hydrogen (secondary N) is 3. The van der Waals surface area contributed by atoms with Gasteiger partial charge in [0.05, 0.1) is 12.4 Å². The monoisotopic (exact) mass is 591 g/mol. The summed E-state index contributed by atoms with van der Waals surface area (Å²) in [5, 5.41) is 11.7. The molecule has 3 N–H and O–H groups in total. The van der Waals surface area contributed by atoms with Crippen LogP contribution < -0.4 is 26.0 Å². The third kappa shape index (κ3) is 10.1. The highest BCUT2D eigenvalue weighted by molar-refractivity contribution is 5.96. The van der Waals surface area contributed by atoms with Crippen molar-refractivity contribution in [1.29, 1.82) is 0 Å². The number of carbonyl (C=O) groups is 2. The van der Waals surface area contributed by atoms with E-state index in [1.54, 1.807) is 36.7 Å². The first kappa shape index (κ1) is 33.1. The maximum absolute atomic E-state index is 12.6. The lowest BCUT2D eigenvalue weighted by molar-refractivity contribution is 0.0947. The molecule has 0 saturated carbocycles. The summed E-state index contributed by atoms with van der Waals surface area (Å²) in [6.45, 7) is 4.62. The average molecular weight is 592 g/mol. The fourth-order valence-electron chi connectivity index (χ4n) is 4.01. The minimum absolute atomic E-state index is 0.307. The van der Waals surface area contributed by atoms with Crippen LogP contribution in [0.2, 0.25) is 0 Å². The molecule has 4 rings (SSSR count). The van der Waals surface area contributed by atoms with Crippen LogP contribution in [0.5, 0.6) is 0 Å². The van der Waals surface area contributed by atoms with Gasteiger partial charge in [-0.15, -0.1) is 0 Å². The number of nitrogens with zero attached hydrogens (tertiary/aromatic N) is 4. The van der Waals surface area contributed by atoms with E-state index >= 15 is 0 Å². The smallest absolute Gasteiger partial charge is 0.271 e. The van der Waals surface area contributed by atoms with Crippen molar-refractivity contribution in [3.8, 4) is 0 Å². The van der Waals surface area contributed by atoms with Gasteiger partial charge in [0.25, 0.3) is 11.8 Å². The van der Waals surface area contributed by atoms with E-state index in [2.05, 4.69) is 26.4 Å². The first-order valence-electron chi connectivity index (χ1n) is 14.4. The van der Waals surface area contributed by atoms with E-state index in [4.69, 9.17) is 0 Å². The quantitative estimate of drug-likeness (QED) is 0.147. The predicted octanol–water partition coefficient (Wildman–Crippen LogP) is 5.98. The Hall–Kier alpha value is -5.44. The largest absolute Gasteiger partial charge is 0.381 e. The maximum Gasteiger partial charge on any atom is 0.271 e. The fraction of sp³-hybridized carbons (Fsp3) is 0.200. The molecule has 0 spiro atoms. The van der Waals surface area contributed by atoms with Crippen LogP contribution in [0, 0.1) is 0 Å². The van der Waals surface area contributed by atoms with Crippen LogP contribution in [-0.4, -0.2) is 52.4 Å². The van der Waals surface area contributed by atoms with Gasteiger partial charge >= 0.3 is 0 Å². The van der Waals surface area contributed by atoms with Gasteiger partial charge in [-0.3, -0.25) is 9.59 Å². The lowest BCUT2D eigenvalue weighted by Gasteiger charge is -2.12. The van der Waals surface area contributed by atoms with Crippen molar-refractivity contribution in [3.05, 3.63) is 125 Å². The van der Waals surface area contributed by atoms with Crippen molar-refractivity contribution in [3.63, 3.8) is 0 Å². The molecule has 0 aliphatic rings. The Bertz CT molecular complexity index is 1450. The Morgan fingerprint density at radius 2 is 1.07 bits per heavy atom. The number of hydrazone groups is 2. The summed E-state index contributed by atoms with van der Waals surface area (Å²) >= 11 is 0. The van der Waals surface area contributed by atoms with E-state index in [0.29, 0.717) is 17.7 Å². The maximum atomic E-state index is 12.6. The van der Waals surface area contributed by atoms with E-state index in [-0.39, 0.29) is 11.8 Å². The number of anilines is 3. The standard InChI is InChI=1S/C33H35N7O2.C2H6/c1-39(2)30-14-10-27(11-15-30)32(41)37-35-22-25-18-26(20-29(19-25)34-21-24-8-6-5-7-9-24)23-36-38-33(42)28-12-16-31(17-13-28)40(3)4;1-2/h5-20,22-23,34H,21H2,1-4H3,(H,37,41)(H,38,42);1-2H3/b35-22+,36-23+;. The summed E-state index contributed by atoms with van der Waals surface area (Å²) in [5.74, 6) is -0.615. The van der Waals surface area contributed by atoms with Crippen LogP contribution in [0.1, 0.15) is 51.3 Å². The Morgan fingerprint density at radius 3 is 1.48 bits per heavy atom. The average Bonchev–Trinajstić information content (AvgIpc) is 3.05. The minimum atomic E-state index is -0.307. The molecule has 0 heterocycles. The molecule has 228 valence electrons. The van der Waals surface area contributed by atoms with Crippen LogP contribution in [0.3, 0.4) is 0 Å². The van der Waals surface area contributed by atoms with Crippen molar-refractivity contribution < 1.29 is 9.59 Å². The van der Waals surface area contributed by atoms with Gasteiger partial charge in [0, 0.05) is 62.9 Å². The Morgan fingerprint density at radius 1 is 0.636 bits per heavy atom. The molecule has 0 saturated heterocycles. The molecular formula is C35H41N7O2. The van der Waals surface area contributed by atoms with Crippen LogP contribution in [0.25, 0.3) is 0 Å². The second kappa shape index (κ2) is 16.9.